The predicted molar refractivity (Wildman–Crippen MR) is 71.4 cm³/mol. The molecular formula is C14H13BrO3. The molecule has 1 aromatic carbocycles. The van der Waals surface area contributed by atoms with Gasteiger partial charge in [-0.05, 0) is 30.2 Å². The Morgan fingerprint density at radius 1 is 1.28 bits per heavy atom. The van der Waals surface area contributed by atoms with E-state index in [4.69, 9.17) is 9.47 Å². The van der Waals surface area contributed by atoms with Crippen molar-refractivity contribution in [2.24, 2.45) is 0 Å². The SMILES string of the molecule is O=C1C=CC(CBr)(c2ccc3c(c2)OCO3)CC1. The molecular weight excluding hydrogens is 296 g/mol. The van der Waals surface area contributed by atoms with E-state index in [2.05, 4.69) is 22.0 Å². The van der Waals surface area contributed by atoms with Crippen molar-refractivity contribution in [3.05, 3.63) is 35.9 Å². The molecule has 0 fully saturated rings. The summed E-state index contributed by atoms with van der Waals surface area (Å²) in [5, 5.41) is 0.795. The summed E-state index contributed by atoms with van der Waals surface area (Å²) in [7, 11) is 0. The molecule has 2 aliphatic rings. The zero-order chi connectivity index (χ0) is 12.6. The number of ether oxygens (including phenoxy) is 2. The first-order valence-corrected chi connectivity index (χ1v) is 7.04. The normalized spacial score (nSPS) is 25.5. The van der Waals surface area contributed by atoms with Crippen molar-refractivity contribution in [2.45, 2.75) is 18.3 Å². The van der Waals surface area contributed by atoms with E-state index < -0.39 is 0 Å². The Hall–Kier alpha value is -1.29. The fourth-order valence-electron chi connectivity index (χ4n) is 2.40. The van der Waals surface area contributed by atoms with Crippen molar-refractivity contribution in [2.75, 3.05) is 12.1 Å². The minimum Gasteiger partial charge on any atom is -0.454 e. The Labute approximate surface area is 114 Å². The van der Waals surface area contributed by atoms with Gasteiger partial charge in [-0.3, -0.25) is 4.79 Å². The monoisotopic (exact) mass is 308 g/mol. The number of hydrogen-bond acceptors (Lipinski definition) is 3. The first-order valence-electron chi connectivity index (χ1n) is 5.92. The molecule has 0 bridgehead atoms. The van der Waals surface area contributed by atoms with Gasteiger partial charge in [0.05, 0.1) is 0 Å². The molecule has 1 heterocycles. The first-order chi connectivity index (χ1) is 8.73. The smallest absolute Gasteiger partial charge is 0.231 e. The second-order valence-electron chi connectivity index (χ2n) is 4.66. The average molecular weight is 309 g/mol. The van der Waals surface area contributed by atoms with E-state index in [9.17, 15) is 4.79 Å². The van der Waals surface area contributed by atoms with Gasteiger partial charge in [0.25, 0.3) is 0 Å². The van der Waals surface area contributed by atoms with Gasteiger partial charge in [-0.15, -0.1) is 0 Å². The summed E-state index contributed by atoms with van der Waals surface area (Å²) in [6.45, 7) is 0.286. The summed E-state index contributed by atoms with van der Waals surface area (Å²) in [6.07, 6.45) is 5.12. The van der Waals surface area contributed by atoms with E-state index >= 15 is 0 Å². The minimum absolute atomic E-state index is 0.116. The third-order valence-electron chi connectivity index (χ3n) is 3.59. The van der Waals surface area contributed by atoms with E-state index in [1.807, 2.05) is 18.2 Å². The van der Waals surface area contributed by atoms with E-state index in [0.29, 0.717) is 6.42 Å². The Morgan fingerprint density at radius 2 is 2.11 bits per heavy atom. The van der Waals surface area contributed by atoms with Crippen LogP contribution in [0.15, 0.2) is 30.4 Å². The molecule has 0 saturated carbocycles. The minimum atomic E-state index is -0.116. The lowest BCUT2D eigenvalue weighted by atomic mass is 9.75. The van der Waals surface area contributed by atoms with Gasteiger partial charge in [0.2, 0.25) is 6.79 Å². The van der Waals surface area contributed by atoms with Crippen LogP contribution in [0.25, 0.3) is 0 Å². The van der Waals surface area contributed by atoms with Crippen molar-refractivity contribution in [3.63, 3.8) is 0 Å². The largest absolute Gasteiger partial charge is 0.454 e. The number of halogens is 1. The van der Waals surface area contributed by atoms with Gasteiger partial charge < -0.3 is 9.47 Å². The number of fused-ring (bicyclic) bond motifs is 1. The molecule has 4 heteroatoms. The van der Waals surface area contributed by atoms with Gasteiger partial charge in [0, 0.05) is 17.2 Å². The fourth-order valence-corrected chi connectivity index (χ4v) is 3.19. The lowest BCUT2D eigenvalue weighted by Gasteiger charge is -2.31. The van der Waals surface area contributed by atoms with Gasteiger partial charge in [-0.2, -0.15) is 0 Å². The molecule has 0 radical (unpaired) electrons. The number of allylic oxidation sites excluding steroid dienone is 2. The van der Waals surface area contributed by atoms with Crippen molar-refractivity contribution >= 4 is 21.7 Å². The van der Waals surface area contributed by atoms with Gasteiger partial charge >= 0.3 is 0 Å². The van der Waals surface area contributed by atoms with Gasteiger partial charge in [0.1, 0.15) is 0 Å². The van der Waals surface area contributed by atoms with Gasteiger partial charge in [-0.1, -0.05) is 28.1 Å². The number of hydrogen-bond donors (Lipinski definition) is 0. The van der Waals surface area contributed by atoms with E-state index in [-0.39, 0.29) is 18.0 Å². The molecule has 1 unspecified atom stereocenters. The lowest BCUT2D eigenvalue weighted by molar-refractivity contribution is -0.115. The maximum absolute atomic E-state index is 11.3. The van der Waals surface area contributed by atoms with Crippen molar-refractivity contribution in [3.8, 4) is 11.5 Å². The van der Waals surface area contributed by atoms with Crippen molar-refractivity contribution in [1.82, 2.24) is 0 Å². The van der Waals surface area contributed by atoms with Gasteiger partial charge in [-0.25, -0.2) is 0 Å². The fraction of sp³-hybridized carbons (Fsp3) is 0.357. The van der Waals surface area contributed by atoms with Crippen LogP contribution in [0.5, 0.6) is 11.5 Å². The molecule has 94 valence electrons. The topological polar surface area (TPSA) is 35.5 Å². The highest BCUT2D eigenvalue weighted by atomic mass is 79.9. The van der Waals surface area contributed by atoms with Crippen LogP contribution in [-0.4, -0.2) is 17.9 Å². The molecule has 1 aromatic rings. The number of ketones is 1. The zero-order valence-electron chi connectivity index (χ0n) is 9.82. The molecule has 1 aliphatic heterocycles. The number of carbonyl (C=O) groups is 1. The maximum atomic E-state index is 11.3. The van der Waals surface area contributed by atoms with Crippen LogP contribution in [-0.2, 0) is 10.2 Å². The third-order valence-corrected chi connectivity index (χ3v) is 4.59. The molecule has 18 heavy (non-hydrogen) atoms. The highest BCUT2D eigenvalue weighted by Crippen LogP contribution is 2.41. The van der Waals surface area contributed by atoms with Crippen molar-refractivity contribution in [1.29, 1.82) is 0 Å². The summed E-state index contributed by atoms with van der Waals surface area (Å²) >= 11 is 3.57. The molecule has 0 spiro atoms. The average Bonchev–Trinajstić information content (AvgIpc) is 2.87. The molecule has 1 aliphatic carbocycles. The Morgan fingerprint density at radius 3 is 2.83 bits per heavy atom. The summed E-state index contributed by atoms with van der Waals surface area (Å²) in [4.78, 5) is 11.3. The first kappa shape index (κ1) is 11.8. The van der Waals surface area contributed by atoms with E-state index in [1.165, 1.54) is 0 Å². The van der Waals surface area contributed by atoms with Crippen LogP contribution >= 0.6 is 15.9 Å². The Bertz CT molecular complexity index is 524. The molecule has 1 atom stereocenters. The quantitative estimate of drug-likeness (QED) is 0.788. The van der Waals surface area contributed by atoms with Crippen LogP contribution in [0.1, 0.15) is 18.4 Å². The standard InChI is InChI=1S/C14H13BrO3/c15-8-14(5-3-11(16)4-6-14)10-1-2-12-13(7-10)18-9-17-12/h1-3,5,7H,4,6,8-9H2. The van der Waals surface area contributed by atoms with E-state index in [1.54, 1.807) is 6.08 Å². The summed E-state index contributed by atoms with van der Waals surface area (Å²) in [5.74, 6) is 1.78. The third kappa shape index (κ3) is 1.85. The zero-order valence-corrected chi connectivity index (χ0v) is 11.4. The summed E-state index contributed by atoms with van der Waals surface area (Å²) in [6, 6.07) is 6.00. The summed E-state index contributed by atoms with van der Waals surface area (Å²) < 4.78 is 10.7. The highest BCUT2D eigenvalue weighted by molar-refractivity contribution is 9.09. The second kappa shape index (κ2) is 4.43. The molecule has 3 nitrogen and oxygen atoms in total. The Balaban J connectivity index is 2.02. The van der Waals surface area contributed by atoms with Crippen molar-refractivity contribution < 1.29 is 14.3 Å². The molecule has 0 aromatic heterocycles. The van der Waals surface area contributed by atoms with Crippen LogP contribution in [0.3, 0.4) is 0 Å². The van der Waals surface area contributed by atoms with Crippen LogP contribution in [0, 0.1) is 0 Å². The number of carbonyl (C=O) groups excluding carboxylic acids is 1. The molecule has 0 saturated heterocycles. The molecule has 3 rings (SSSR count). The molecule has 0 N–H and O–H groups in total. The maximum Gasteiger partial charge on any atom is 0.231 e. The van der Waals surface area contributed by atoms with Crippen LogP contribution in [0.4, 0.5) is 0 Å². The second-order valence-corrected chi connectivity index (χ2v) is 5.22. The number of alkyl halides is 1. The summed E-state index contributed by atoms with van der Waals surface area (Å²) in [5.41, 5.74) is 1.04. The van der Waals surface area contributed by atoms with Crippen LogP contribution in [0.2, 0.25) is 0 Å². The molecule has 0 amide bonds. The highest BCUT2D eigenvalue weighted by Gasteiger charge is 2.32. The number of rotatable bonds is 2. The Kier molecular flexibility index (Phi) is 2.90. The van der Waals surface area contributed by atoms with Crippen LogP contribution < -0.4 is 9.47 Å². The lowest BCUT2D eigenvalue weighted by Crippen LogP contribution is -2.29. The van der Waals surface area contributed by atoms with E-state index in [0.717, 1.165) is 28.8 Å². The predicted octanol–water partition coefficient (Wildman–Crippen LogP) is 2.97. The van der Waals surface area contributed by atoms with Gasteiger partial charge in [0.15, 0.2) is 17.3 Å². The number of benzene rings is 1.